The van der Waals surface area contributed by atoms with Gasteiger partial charge in [0.05, 0.1) is 23.1 Å². The second kappa shape index (κ2) is 10.3. The van der Waals surface area contributed by atoms with E-state index in [-0.39, 0.29) is 11.3 Å². The predicted molar refractivity (Wildman–Crippen MR) is 149 cm³/mol. The molecule has 0 aliphatic carbocycles. The number of imidazole rings is 1. The van der Waals surface area contributed by atoms with Crippen molar-refractivity contribution >= 4 is 39.6 Å². The van der Waals surface area contributed by atoms with Crippen molar-refractivity contribution in [2.75, 3.05) is 0 Å². The SMILES string of the molecule is O=C(OC(=Cc1nc2ccccc2n1Cc1cccc2ccccc12)c1ccc(F)cc1)c1ccc(F)cc1. The third-order valence-corrected chi connectivity index (χ3v) is 6.56. The zero-order valence-corrected chi connectivity index (χ0v) is 20.7. The van der Waals surface area contributed by atoms with Crippen LogP contribution in [0.4, 0.5) is 8.78 Å². The molecule has 0 aliphatic rings. The molecule has 5 aromatic carbocycles. The number of hydrogen-bond donors (Lipinski definition) is 0. The highest BCUT2D eigenvalue weighted by Gasteiger charge is 2.17. The van der Waals surface area contributed by atoms with Gasteiger partial charge < -0.3 is 9.30 Å². The van der Waals surface area contributed by atoms with E-state index in [9.17, 15) is 13.6 Å². The number of carbonyl (C=O) groups is 1. The van der Waals surface area contributed by atoms with Crippen LogP contribution in [0.15, 0.2) is 115 Å². The van der Waals surface area contributed by atoms with E-state index < -0.39 is 17.6 Å². The number of para-hydroxylation sites is 2. The maximum absolute atomic E-state index is 13.7. The molecule has 6 rings (SSSR count). The molecule has 0 radical (unpaired) electrons. The summed E-state index contributed by atoms with van der Waals surface area (Å²) in [6.07, 6.45) is 1.68. The van der Waals surface area contributed by atoms with Gasteiger partial charge in [0.15, 0.2) is 0 Å². The van der Waals surface area contributed by atoms with Crippen molar-refractivity contribution in [3.8, 4) is 0 Å². The molecule has 0 fully saturated rings. The molecule has 0 unspecified atom stereocenters. The maximum Gasteiger partial charge on any atom is 0.343 e. The lowest BCUT2D eigenvalue weighted by atomic mass is 10.0. The molecule has 0 bridgehead atoms. The lowest BCUT2D eigenvalue weighted by molar-refractivity contribution is 0.0693. The quantitative estimate of drug-likeness (QED) is 0.167. The van der Waals surface area contributed by atoms with E-state index >= 15 is 0 Å². The topological polar surface area (TPSA) is 44.1 Å². The van der Waals surface area contributed by atoms with Crippen LogP contribution in [0.2, 0.25) is 0 Å². The van der Waals surface area contributed by atoms with Crippen LogP contribution in [0.25, 0.3) is 33.6 Å². The first-order chi connectivity index (χ1) is 19.0. The second-order valence-electron chi connectivity index (χ2n) is 9.10. The summed E-state index contributed by atoms with van der Waals surface area (Å²) < 4.78 is 35.0. The molecule has 1 aromatic heterocycles. The highest BCUT2D eigenvalue weighted by Crippen LogP contribution is 2.27. The van der Waals surface area contributed by atoms with Gasteiger partial charge in [-0.15, -0.1) is 0 Å². The summed E-state index contributed by atoms with van der Waals surface area (Å²) in [5.41, 5.74) is 3.49. The first-order valence-corrected chi connectivity index (χ1v) is 12.4. The molecule has 0 atom stereocenters. The van der Waals surface area contributed by atoms with Crippen LogP contribution in [0.3, 0.4) is 0 Å². The van der Waals surface area contributed by atoms with Gasteiger partial charge in [-0.05, 0) is 77.0 Å². The van der Waals surface area contributed by atoms with Gasteiger partial charge in [0, 0.05) is 11.6 Å². The average molecular weight is 517 g/mol. The van der Waals surface area contributed by atoms with E-state index in [1.54, 1.807) is 6.08 Å². The fraction of sp³-hybridized carbons (Fsp3) is 0.0303. The smallest absolute Gasteiger partial charge is 0.343 e. The van der Waals surface area contributed by atoms with Crippen molar-refractivity contribution < 1.29 is 18.3 Å². The number of esters is 1. The molecular weight excluding hydrogens is 494 g/mol. The summed E-state index contributed by atoms with van der Waals surface area (Å²) in [7, 11) is 0. The Bertz CT molecular complexity index is 1830. The molecule has 0 saturated carbocycles. The van der Waals surface area contributed by atoms with Crippen LogP contribution in [0.5, 0.6) is 0 Å². The lowest BCUT2D eigenvalue weighted by Gasteiger charge is -2.13. The van der Waals surface area contributed by atoms with Crippen molar-refractivity contribution in [2.24, 2.45) is 0 Å². The van der Waals surface area contributed by atoms with E-state index in [0.717, 1.165) is 27.4 Å². The Labute approximate surface area is 223 Å². The second-order valence-corrected chi connectivity index (χ2v) is 9.10. The normalized spacial score (nSPS) is 11.7. The van der Waals surface area contributed by atoms with Crippen LogP contribution in [0, 0.1) is 11.6 Å². The Balaban J connectivity index is 1.47. The van der Waals surface area contributed by atoms with Crippen LogP contribution >= 0.6 is 0 Å². The standard InChI is InChI=1S/C33H22F2N2O2/c34-26-16-12-23(13-17-26)31(39-33(38)24-14-18-27(35)19-15-24)20-32-36-29-10-3-4-11-30(29)37(32)21-25-8-5-7-22-6-1-2-9-28(22)25/h1-20H,21H2. The van der Waals surface area contributed by atoms with Gasteiger partial charge in [-0.1, -0.05) is 54.6 Å². The zero-order chi connectivity index (χ0) is 26.8. The van der Waals surface area contributed by atoms with Gasteiger partial charge in [0.25, 0.3) is 0 Å². The van der Waals surface area contributed by atoms with Crippen LogP contribution < -0.4 is 0 Å². The number of ether oxygens (including phenoxy) is 1. The Hall–Kier alpha value is -5.10. The molecular formula is C33H22F2N2O2. The van der Waals surface area contributed by atoms with Gasteiger partial charge in [-0.3, -0.25) is 0 Å². The summed E-state index contributed by atoms with van der Waals surface area (Å²) in [5.74, 6) is -0.773. The molecule has 39 heavy (non-hydrogen) atoms. The molecule has 1 heterocycles. The Morgan fingerprint density at radius 1 is 0.744 bits per heavy atom. The zero-order valence-electron chi connectivity index (χ0n) is 20.7. The molecule has 0 saturated heterocycles. The van der Waals surface area contributed by atoms with E-state index in [1.165, 1.54) is 48.5 Å². The minimum absolute atomic E-state index is 0.189. The molecule has 6 heteroatoms. The van der Waals surface area contributed by atoms with Crippen molar-refractivity contribution in [1.82, 2.24) is 9.55 Å². The van der Waals surface area contributed by atoms with E-state index in [2.05, 4.69) is 28.8 Å². The maximum atomic E-state index is 13.7. The van der Waals surface area contributed by atoms with Crippen molar-refractivity contribution in [3.05, 3.63) is 149 Å². The number of benzene rings is 5. The fourth-order valence-electron chi connectivity index (χ4n) is 4.62. The largest absolute Gasteiger partial charge is 0.422 e. The van der Waals surface area contributed by atoms with E-state index in [1.807, 2.05) is 42.5 Å². The number of nitrogens with zero attached hydrogens (tertiary/aromatic N) is 2. The third kappa shape index (κ3) is 5.05. The summed E-state index contributed by atoms with van der Waals surface area (Å²) >= 11 is 0. The van der Waals surface area contributed by atoms with Gasteiger partial charge >= 0.3 is 5.97 Å². The summed E-state index contributed by atoms with van der Waals surface area (Å²) in [4.78, 5) is 17.8. The lowest BCUT2D eigenvalue weighted by Crippen LogP contribution is -2.07. The van der Waals surface area contributed by atoms with Crippen molar-refractivity contribution in [3.63, 3.8) is 0 Å². The fourth-order valence-corrected chi connectivity index (χ4v) is 4.62. The number of aromatic nitrogens is 2. The monoisotopic (exact) mass is 516 g/mol. The highest BCUT2D eigenvalue weighted by atomic mass is 19.1. The van der Waals surface area contributed by atoms with Crippen molar-refractivity contribution in [1.29, 1.82) is 0 Å². The molecule has 0 N–H and O–H groups in total. The minimum atomic E-state index is -0.665. The summed E-state index contributed by atoms with van der Waals surface area (Å²) in [6, 6.07) is 32.9. The average Bonchev–Trinajstić information content (AvgIpc) is 3.30. The first-order valence-electron chi connectivity index (χ1n) is 12.4. The Morgan fingerprint density at radius 2 is 1.38 bits per heavy atom. The van der Waals surface area contributed by atoms with Gasteiger partial charge in [0.2, 0.25) is 0 Å². The van der Waals surface area contributed by atoms with Gasteiger partial charge in [-0.25, -0.2) is 18.6 Å². The number of halogens is 2. The van der Waals surface area contributed by atoms with Crippen LogP contribution in [-0.2, 0) is 11.3 Å². The first kappa shape index (κ1) is 24.2. The molecule has 6 aromatic rings. The van der Waals surface area contributed by atoms with Crippen molar-refractivity contribution in [2.45, 2.75) is 6.54 Å². The summed E-state index contributed by atoms with van der Waals surface area (Å²) in [6.45, 7) is 0.524. The molecule has 0 spiro atoms. The molecule has 0 aliphatic heterocycles. The number of fused-ring (bicyclic) bond motifs is 2. The van der Waals surface area contributed by atoms with E-state index in [0.29, 0.717) is 17.9 Å². The van der Waals surface area contributed by atoms with E-state index in [4.69, 9.17) is 9.72 Å². The molecule has 0 amide bonds. The predicted octanol–water partition coefficient (Wildman–Crippen LogP) is 7.87. The summed E-state index contributed by atoms with van der Waals surface area (Å²) in [5, 5.41) is 2.27. The Kier molecular flexibility index (Phi) is 6.43. The number of hydrogen-bond acceptors (Lipinski definition) is 3. The minimum Gasteiger partial charge on any atom is -0.422 e. The van der Waals surface area contributed by atoms with Gasteiger partial charge in [0.1, 0.15) is 23.2 Å². The van der Waals surface area contributed by atoms with Gasteiger partial charge in [-0.2, -0.15) is 0 Å². The Morgan fingerprint density at radius 3 is 2.15 bits per heavy atom. The van der Waals surface area contributed by atoms with Crippen LogP contribution in [-0.4, -0.2) is 15.5 Å². The molecule has 190 valence electrons. The number of carbonyl (C=O) groups excluding carboxylic acids is 1. The molecule has 4 nitrogen and oxygen atoms in total. The number of rotatable bonds is 6. The van der Waals surface area contributed by atoms with Crippen LogP contribution in [0.1, 0.15) is 27.3 Å². The third-order valence-electron chi connectivity index (χ3n) is 6.56. The highest BCUT2D eigenvalue weighted by molar-refractivity contribution is 5.95.